The molecule has 1 aliphatic rings. The molecule has 7 nitrogen and oxygen atoms in total. The molecule has 0 saturated carbocycles. The Bertz CT molecular complexity index is 685. The fraction of sp³-hybridized carbons (Fsp3) is 0.800. The highest BCUT2D eigenvalue weighted by Crippen LogP contribution is 2.25. The average molecular weight is 375 g/mol. The smallest absolute Gasteiger partial charge is 0.233 e. The highest BCUT2D eigenvalue weighted by Gasteiger charge is 2.29. The largest absolute Gasteiger partial charge is 0.355 e. The van der Waals surface area contributed by atoms with E-state index >= 15 is 0 Å². The van der Waals surface area contributed by atoms with E-state index in [4.69, 9.17) is 0 Å². The first-order valence-corrected chi connectivity index (χ1v) is 10.9. The van der Waals surface area contributed by atoms with Gasteiger partial charge in [-0.05, 0) is 25.2 Å². The fourth-order valence-electron chi connectivity index (χ4n) is 2.58. The van der Waals surface area contributed by atoms with Crippen molar-refractivity contribution < 1.29 is 13.2 Å². The molecule has 1 N–H and O–H groups in total. The number of amides is 1. The van der Waals surface area contributed by atoms with Crippen LogP contribution in [0.2, 0.25) is 0 Å². The molecule has 1 aromatic heterocycles. The number of thioether (sulfide) groups is 1. The number of carbonyl (C=O) groups is 1. The molecule has 136 valence electrons. The molecule has 2 rings (SSSR count). The Morgan fingerprint density at radius 1 is 1.38 bits per heavy atom. The second-order valence-corrected chi connectivity index (χ2v) is 10.4. The number of hydrogen-bond donors (Lipinski definition) is 1. The topological polar surface area (TPSA) is 94.0 Å². The van der Waals surface area contributed by atoms with Crippen LogP contribution in [0, 0.1) is 11.8 Å². The maximum atomic E-state index is 12.1. The molecule has 2 atom stereocenters. The summed E-state index contributed by atoms with van der Waals surface area (Å²) in [7, 11) is -1.02. The minimum atomic E-state index is -2.88. The third-order valence-electron chi connectivity index (χ3n) is 4.06. The molecule has 24 heavy (non-hydrogen) atoms. The van der Waals surface area contributed by atoms with Gasteiger partial charge in [0, 0.05) is 20.0 Å². The van der Waals surface area contributed by atoms with Gasteiger partial charge in [0.1, 0.15) is 5.82 Å². The molecule has 0 unspecified atom stereocenters. The molecular formula is C15H26N4O3S2. The normalized spacial score (nSPS) is 21.1. The standard InChI is InChI=1S/C15H26N4O3S2/c1-10(2)8-16-14(20)11(3)23-15-18-17-13(19(15)4)7-12-5-6-24(21,22)9-12/h10-12H,5-9H2,1-4H3,(H,16,20)/t11-,12-/m1/s1. The van der Waals surface area contributed by atoms with Crippen LogP contribution < -0.4 is 5.32 Å². The number of carbonyl (C=O) groups excluding carboxylic acids is 1. The summed E-state index contributed by atoms with van der Waals surface area (Å²) in [5.41, 5.74) is 0. The van der Waals surface area contributed by atoms with E-state index < -0.39 is 9.84 Å². The number of rotatable bonds is 7. The van der Waals surface area contributed by atoms with Crippen LogP contribution in [0.25, 0.3) is 0 Å². The molecule has 1 amide bonds. The fourth-order valence-corrected chi connectivity index (χ4v) is 5.30. The molecule has 0 aromatic carbocycles. The molecule has 0 bridgehead atoms. The van der Waals surface area contributed by atoms with Crippen molar-refractivity contribution in [3.63, 3.8) is 0 Å². The van der Waals surface area contributed by atoms with Crippen LogP contribution in [0.5, 0.6) is 0 Å². The van der Waals surface area contributed by atoms with Crippen molar-refractivity contribution in [2.24, 2.45) is 18.9 Å². The molecule has 0 radical (unpaired) electrons. The van der Waals surface area contributed by atoms with E-state index in [1.54, 1.807) is 0 Å². The van der Waals surface area contributed by atoms with Crippen molar-refractivity contribution in [2.45, 2.75) is 44.0 Å². The van der Waals surface area contributed by atoms with Gasteiger partial charge in [-0.3, -0.25) is 4.79 Å². The van der Waals surface area contributed by atoms with Gasteiger partial charge in [-0.2, -0.15) is 0 Å². The second kappa shape index (κ2) is 7.86. The van der Waals surface area contributed by atoms with Gasteiger partial charge < -0.3 is 9.88 Å². The van der Waals surface area contributed by atoms with E-state index in [2.05, 4.69) is 29.4 Å². The summed E-state index contributed by atoms with van der Waals surface area (Å²) < 4.78 is 25.0. The highest BCUT2D eigenvalue weighted by molar-refractivity contribution is 8.00. The van der Waals surface area contributed by atoms with Crippen molar-refractivity contribution in [3.05, 3.63) is 5.82 Å². The lowest BCUT2D eigenvalue weighted by Gasteiger charge is -2.13. The molecule has 2 heterocycles. The van der Waals surface area contributed by atoms with E-state index in [9.17, 15) is 13.2 Å². The average Bonchev–Trinajstić information content (AvgIpc) is 3.01. The van der Waals surface area contributed by atoms with Gasteiger partial charge in [-0.1, -0.05) is 25.6 Å². The predicted molar refractivity (Wildman–Crippen MR) is 94.6 cm³/mol. The van der Waals surface area contributed by atoms with Crippen LogP contribution in [0.1, 0.15) is 33.0 Å². The lowest BCUT2D eigenvalue weighted by Crippen LogP contribution is -2.33. The van der Waals surface area contributed by atoms with Crippen LogP contribution >= 0.6 is 11.8 Å². The quantitative estimate of drug-likeness (QED) is 0.717. The van der Waals surface area contributed by atoms with Crippen LogP contribution in [-0.4, -0.2) is 52.4 Å². The van der Waals surface area contributed by atoms with Gasteiger partial charge in [-0.25, -0.2) is 8.42 Å². The molecule has 1 aliphatic heterocycles. The van der Waals surface area contributed by atoms with Crippen LogP contribution in [-0.2, 0) is 28.1 Å². The van der Waals surface area contributed by atoms with Crippen molar-refractivity contribution >= 4 is 27.5 Å². The second-order valence-electron chi connectivity index (χ2n) is 6.83. The summed E-state index contributed by atoms with van der Waals surface area (Å²) in [5.74, 6) is 1.79. The summed E-state index contributed by atoms with van der Waals surface area (Å²) >= 11 is 1.37. The summed E-state index contributed by atoms with van der Waals surface area (Å²) in [6, 6.07) is 0. The zero-order valence-electron chi connectivity index (χ0n) is 14.7. The van der Waals surface area contributed by atoms with Crippen molar-refractivity contribution in [1.29, 1.82) is 0 Å². The van der Waals surface area contributed by atoms with Crippen LogP contribution in [0.4, 0.5) is 0 Å². The monoisotopic (exact) mass is 374 g/mol. The minimum Gasteiger partial charge on any atom is -0.355 e. The first kappa shape index (κ1) is 19.2. The van der Waals surface area contributed by atoms with E-state index in [-0.39, 0.29) is 28.6 Å². The Hall–Kier alpha value is -1.09. The summed E-state index contributed by atoms with van der Waals surface area (Å²) in [5, 5.41) is 11.7. The van der Waals surface area contributed by atoms with E-state index in [1.807, 2.05) is 18.5 Å². The van der Waals surface area contributed by atoms with Crippen molar-refractivity contribution in [3.8, 4) is 0 Å². The summed E-state index contributed by atoms with van der Waals surface area (Å²) in [6.07, 6.45) is 1.29. The molecule has 1 aromatic rings. The molecule has 9 heteroatoms. The number of nitrogens with zero attached hydrogens (tertiary/aromatic N) is 3. The predicted octanol–water partition coefficient (Wildman–Crippen LogP) is 1.05. The maximum Gasteiger partial charge on any atom is 0.233 e. The van der Waals surface area contributed by atoms with Crippen LogP contribution in [0.3, 0.4) is 0 Å². The molecule has 1 saturated heterocycles. The first-order chi connectivity index (χ1) is 11.2. The Labute approximate surface area is 147 Å². The highest BCUT2D eigenvalue weighted by atomic mass is 32.2. The number of hydrogen-bond acceptors (Lipinski definition) is 6. The van der Waals surface area contributed by atoms with Gasteiger partial charge in [0.15, 0.2) is 15.0 Å². The third kappa shape index (κ3) is 5.20. The molecule has 0 spiro atoms. The van der Waals surface area contributed by atoms with E-state index in [0.29, 0.717) is 30.5 Å². The Kier molecular flexibility index (Phi) is 6.30. The lowest BCUT2D eigenvalue weighted by molar-refractivity contribution is -0.120. The summed E-state index contributed by atoms with van der Waals surface area (Å²) in [6.45, 7) is 6.61. The first-order valence-electron chi connectivity index (χ1n) is 8.21. The zero-order chi connectivity index (χ0) is 17.9. The SMILES string of the molecule is CC(C)CNC(=O)[C@@H](C)Sc1nnc(C[C@H]2CCS(=O)(=O)C2)n1C. The Balaban J connectivity index is 1.93. The van der Waals surface area contributed by atoms with Gasteiger partial charge in [0.05, 0.1) is 16.8 Å². The maximum absolute atomic E-state index is 12.1. The van der Waals surface area contributed by atoms with E-state index in [1.165, 1.54) is 11.8 Å². The molecule has 1 fully saturated rings. The van der Waals surface area contributed by atoms with Crippen LogP contribution in [0.15, 0.2) is 5.16 Å². The zero-order valence-corrected chi connectivity index (χ0v) is 16.3. The van der Waals surface area contributed by atoms with Gasteiger partial charge >= 0.3 is 0 Å². The third-order valence-corrected chi connectivity index (χ3v) is 7.03. The number of nitrogens with one attached hydrogen (secondary N) is 1. The molecule has 0 aliphatic carbocycles. The van der Waals surface area contributed by atoms with E-state index in [0.717, 1.165) is 5.82 Å². The number of sulfone groups is 1. The van der Waals surface area contributed by atoms with Gasteiger partial charge in [0.25, 0.3) is 0 Å². The Morgan fingerprint density at radius 3 is 2.67 bits per heavy atom. The lowest BCUT2D eigenvalue weighted by atomic mass is 10.1. The van der Waals surface area contributed by atoms with Crippen molar-refractivity contribution in [1.82, 2.24) is 20.1 Å². The van der Waals surface area contributed by atoms with Gasteiger partial charge in [-0.15, -0.1) is 10.2 Å². The minimum absolute atomic E-state index is 0.0138. The molecular weight excluding hydrogens is 348 g/mol. The Morgan fingerprint density at radius 2 is 2.08 bits per heavy atom. The summed E-state index contributed by atoms with van der Waals surface area (Å²) in [4.78, 5) is 12.1. The number of aromatic nitrogens is 3. The van der Waals surface area contributed by atoms with Gasteiger partial charge in [0.2, 0.25) is 5.91 Å². The van der Waals surface area contributed by atoms with Crippen molar-refractivity contribution in [2.75, 3.05) is 18.1 Å².